The Morgan fingerprint density at radius 2 is 1.94 bits per heavy atom. The number of ketones is 1. The summed E-state index contributed by atoms with van der Waals surface area (Å²) in [5.41, 5.74) is 0.398. The van der Waals surface area contributed by atoms with Crippen molar-refractivity contribution in [2.75, 3.05) is 12.4 Å². The lowest BCUT2D eigenvalue weighted by Gasteiger charge is -2.17. The molecule has 1 aromatic carbocycles. The molecular weight excluding hydrogens is 224 g/mol. The van der Waals surface area contributed by atoms with Crippen LogP contribution >= 0.6 is 0 Å². The van der Waals surface area contributed by atoms with Gasteiger partial charge in [0.1, 0.15) is 5.82 Å². The van der Waals surface area contributed by atoms with Gasteiger partial charge in [0, 0.05) is 29.6 Å². The van der Waals surface area contributed by atoms with Crippen LogP contribution in [0.5, 0.6) is 0 Å². The highest BCUT2D eigenvalue weighted by atomic mass is 16.1. The Hall–Kier alpha value is -1.90. The lowest BCUT2D eigenvalue weighted by Crippen LogP contribution is -2.20. The van der Waals surface area contributed by atoms with E-state index in [0.717, 1.165) is 22.2 Å². The van der Waals surface area contributed by atoms with Crippen LogP contribution < -0.4 is 5.32 Å². The molecule has 2 rings (SSSR count). The van der Waals surface area contributed by atoms with Crippen molar-refractivity contribution in [3.05, 3.63) is 36.0 Å². The van der Waals surface area contributed by atoms with Crippen molar-refractivity contribution in [1.82, 2.24) is 4.98 Å². The number of fused-ring (bicyclic) bond motifs is 1. The Bertz CT molecular complexity index is 597. The van der Waals surface area contributed by atoms with Gasteiger partial charge in [-0.05, 0) is 23.6 Å². The first-order valence-corrected chi connectivity index (χ1v) is 6.05. The first-order valence-electron chi connectivity index (χ1n) is 6.05. The van der Waals surface area contributed by atoms with Gasteiger partial charge in [0.15, 0.2) is 5.78 Å². The van der Waals surface area contributed by atoms with Crippen molar-refractivity contribution in [3.8, 4) is 0 Å². The molecule has 0 radical (unpaired) electrons. The molecule has 0 bridgehead atoms. The molecular formula is C15H18N2O. The van der Waals surface area contributed by atoms with Crippen LogP contribution in [0.15, 0.2) is 30.5 Å². The van der Waals surface area contributed by atoms with Crippen molar-refractivity contribution in [1.29, 1.82) is 0 Å². The highest BCUT2D eigenvalue weighted by molar-refractivity contribution is 6.04. The summed E-state index contributed by atoms with van der Waals surface area (Å²) in [5.74, 6) is 0.995. The maximum absolute atomic E-state index is 12.2. The summed E-state index contributed by atoms with van der Waals surface area (Å²) in [7, 11) is 1.84. The van der Waals surface area contributed by atoms with Gasteiger partial charge in [-0.15, -0.1) is 0 Å². The lowest BCUT2D eigenvalue weighted by atomic mass is 9.86. The third-order valence-electron chi connectivity index (χ3n) is 2.94. The van der Waals surface area contributed by atoms with Crippen molar-refractivity contribution >= 4 is 22.4 Å². The molecule has 0 aliphatic carbocycles. The molecule has 94 valence electrons. The Balaban J connectivity index is 2.55. The van der Waals surface area contributed by atoms with E-state index in [1.54, 1.807) is 6.20 Å². The van der Waals surface area contributed by atoms with Crippen molar-refractivity contribution in [2.45, 2.75) is 20.8 Å². The fourth-order valence-electron chi connectivity index (χ4n) is 1.95. The molecule has 0 fully saturated rings. The quantitative estimate of drug-likeness (QED) is 0.819. The summed E-state index contributed by atoms with van der Waals surface area (Å²) in [6.45, 7) is 5.81. The largest absolute Gasteiger partial charge is 0.373 e. The average Bonchev–Trinajstić information content (AvgIpc) is 2.35. The number of nitrogens with one attached hydrogen (secondary N) is 1. The van der Waals surface area contributed by atoms with E-state index in [0.29, 0.717) is 0 Å². The van der Waals surface area contributed by atoms with Gasteiger partial charge in [-0.1, -0.05) is 26.8 Å². The second-order valence-corrected chi connectivity index (χ2v) is 5.42. The van der Waals surface area contributed by atoms with Gasteiger partial charge in [0.2, 0.25) is 0 Å². The number of benzene rings is 1. The maximum Gasteiger partial charge on any atom is 0.168 e. The van der Waals surface area contributed by atoms with Crippen LogP contribution in [0, 0.1) is 5.41 Å². The SMILES string of the molecule is CNc1nccc2cc(C(=O)C(C)(C)C)ccc12. The van der Waals surface area contributed by atoms with Crippen LogP contribution in [0.3, 0.4) is 0 Å². The van der Waals surface area contributed by atoms with Gasteiger partial charge in [-0.3, -0.25) is 4.79 Å². The van der Waals surface area contributed by atoms with Crippen molar-refractivity contribution < 1.29 is 4.79 Å². The first kappa shape index (κ1) is 12.6. The third-order valence-corrected chi connectivity index (χ3v) is 2.94. The zero-order valence-corrected chi connectivity index (χ0v) is 11.2. The van der Waals surface area contributed by atoms with Crippen LogP contribution in [0.4, 0.5) is 5.82 Å². The van der Waals surface area contributed by atoms with E-state index in [2.05, 4.69) is 10.3 Å². The topological polar surface area (TPSA) is 42.0 Å². The van der Waals surface area contributed by atoms with E-state index in [1.165, 1.54) is 0 Å². The molecule has 3 heteroatoms. The first-order chi connectivity index (χ1) is 8.43. The van der Waals surface area contributed by atoms with Crippen LogP contribution in [0.25, 0.3) is 10.8 Å². The molecule has 0 saturated heterocycles. The number of aromatic nitrogens is 1. The molecule has 1 heterocycles. The fraction of sp³-hybridized carbons (Fsp3) is 0.333. The minimum atomic E-state index is -0.355. The molecule has 1 aromatic heterocycles. The normalized spacial score (nSPS) is 11.6. The van der Waals surface area contributed by atoms with Crippen molar-refractivity contribution in [2.24, 2.45) is 5.41 Å². The number of pyridine rings is 1. The molecule has 1 N–H and O–H groups in total. The van der Waals surface area contributed by atoms with E-state index in [1.807, 2.05) is 52.1 Å². The number of Topliss-reactive ketones (excluding diaryl/α,β-unsaturated/α-hetero) is 1. The van der Waals surface area contributed by atoms with Crippen LogP contribution in [0.1, 0.15) is 31.1 Å². The van der Waals surface area contributed by atoms with Crippen LogP contribution in [0.2, 0.25) is 0 Å². The summed E-state index contributed by atoms with van der Waals surface area (Å²) < 4.78 is 0. The van der Waals surface area contributed by atoms with E-state index in [4.69, 9.17) is 0 Å². The Morgan fingerprint density at radius 3 is 2.56 bits per heavy atom. The summed E-state index contributed by atoms with van der Waals surface area (Å²) >= 11 is 0. The number of nitrogens with zero attached hydrogens (tertiary/aromatic N) is 1. The molecule has 0 unspecified atom stereocenters. The average molecular weight is 242 g/mol. The minimum Gasteiger partial charge on any atom is -0.373 e. The molecule has 18 heavy (non-hydrogen) atoms. The van der Waals surface area contributed by atoms with Gasteiger partial charge in [0.25, 0.3) is 0 Å². The monoisotopic (exact) mass is 242 g/mol. The van der Waals surface area contributed by atoms with Gasteiger partial charge >= 0.3 is 0 Å². The predicted molar refractivity (Wildman–Crippen MR) is 75.1 cm³/mol. The Kier molecular flexibility index (Phi) is 3.07. The molecule has 2 aromatic rings. The van der Waals surface area contributed by atoms with Gasteiger partial charge < -0.3 is 5.32 Å². The summed E-state index contributed by atoms with van der Waals surface area (Å²) in [5, 5.41) is 5.12. The van der Waals surface area contributed by atoms with E-state index < -0.39 is 0 Å². The third kappa shape index (κ3) is 2.21. The second-order valence-electron chi connectivity index (χ2n) is 5.42. The van der Waals surface area contributed by atoms with Crippen LogP contribution in [-0.4, -0.2) is 17.8 Å². The Labute approximate surface area is 107 Å². The number of carbonyl (C=O) groups excluding carboxylic acids is 1. The zero-order chi connectivity index (χ0) is 13.3. The molecule has 3 nitrogen and oxygen atoms in total. The van der Waals surface area contributed by atoms with E-state index in [9.17, 15) is 4.79 Å². The molecule has 0 aliphatic heterocycles. The standard InChI is InChI=1S/C15H18N2O/c1-15(2,3)13(18)11-5-6-12-10(9-11)7-8-17-14(12)16-4/h5-9H,1-4H3,(H,16,17). The lowest BCUT2D eigenvalue weighted by molar-refractivity contribution is 0.0858. The number of anilines is 1. The highest BCUT2D eigenvalue weighted by Crippen LogP contribution is 2.26. The maximum atomic E-state index is 12.2. The molecule has 0 amide bonds. The number of hydrogen-bond donors (Lipinski definition) is 1. The smallest absolute Gasteiger partial charge is 0.168 e. The summed E-state index contributed by atoms with van der Waals surface area (Å²) in [6, 6.07) is 7.69. The van der Waals surface area contributed by atoms with E-state index in [-0.39, 0.29) is 11.2 Å². The summed E-state index contributed by atoms with van der Waals surface area (Å²) in [6.07, 6.45) is 1.75. The minimum absolute atomic E-state index is 0.159. The summed E-state index contributed by atoms with van der Waals surface area (Å²) in [4.78, 5) is 16.5. The van der Waals surface area contributed by atoms with Crippen LogP contribution in [-0.2, 0) is 0 Å². The number of hydrogen-bond acceptors (Lipinski definition) is 3. The second kappa shape index (κ2) is 4.41. The molecule has 0 spiro atoms. The number of rotatable bonds is 2. The van der Waals surface area contributed by atoms with Crippen molar-refractivity contribution in [3.63, 3.8) is 0 Å². The van der Waals surface area contributed by atoms with Gasteiger partial charge in [-0.25, -0.2) is 4.98 Å². The molecule has 0 atom stereocenters. The number of carbonyl (C=O) groups is 1. The zero-order valence-electron chi connectivity index (χ0n) is 11.2. The predicted octanol–water partition coefficient (Wildman–Crippen LogP) is 3.51. The van der Waals surface area contributed by atoms with Gasteiger partial charge in [-0.2, -0.15) is 0 Å². The molecule has 0 saturated carbocycles. The molecule has 0 aliphatic rings. The fourth-order valence-corrected chi connectivity index (χ4v) is 1.95. The Morgan fingerprint density at radius 1 is 1.22 bits per heavy atom. The highest BCUT2D eigenvalue weighted by Gasteiger charge is 2.22. The van der Waals surface area contributed by atoms with Gasteiger partial charge in [0.05, 0.1) is 0 Å². The van der Waals surface area contributed by atoms with E-state index >= 15 is 0 Å².